The van der Waals surface area contributed by atoms with Crippen LogP contribution in [0.25, 0.3) is 10.8 Å². The fourth-order valence-electron chi connectivity index (χ4n) is 2.29. The van der Waals surface area contributed by atoms with Gasteiger partial charge in [-0.1, -0.05) is 60.7 Å². The van der Waals surface area contributed by atoms with Crippen LogP contribution in [0.1, 0.15) is 15.9 Å². The maximum absolute atomic E-state index is 11.9. The average molecular weight is 275 g/mol. The highest BCUT2D eigenvalue weighted by Crippen LogP contribution is 2.17. The Morgan fingerprint density at radius 1 is 0.857 bits per heavy atom. The molecule has 0 spiro atoms. The van der Waals surface area contributed by atoms with Crippen LogP contribution < -0.4 is 10.9 Å². The van der Waals surface area contributed by atoms with E-state index in [2.05, 4.69) is 29.1 Å². The number of rotatable bonds is 4. The molecular formula is C18H15N2O. The van der Waals surface area contributed by atoms with Crippen molar-refractivity contribution in [1.82, 2.24) is 10.9 Å². The van der Waals surface area contributed by atoms with Gasteiger partial charge in [0.15, 0.2) is 0 Å². The van der Waals surface area contributed by atoms with Crippen molar-refractivity contribution in [2.24, 2.45) is 0 Å². The molecule has 21 heavy (non-hydrogen) atoms. The first-order valence-corrected chi connectivity index (χ1v) is 6.84. The molecule has 0 aliphatic carbocycles. The monoisotopic (exact) mass is 275 g/mol. The lowest BCUT2D eigenvalue weighted by molar-refractivity contribution is 0.0926. The summed E-state index contributed by atoms with van der Waals surface area (Å²) in [4.78, 5) is 11.9. The molecule has 3 aromatic rings. The third kappa shape index (κ3) is 3.09. The van der Waals surface area contributed by atoms with Crippen molar-refractivity contribution in [3.63, 3.8) is 0 Å². The van der Waals surface area contributed by atoms with Gasteiger partial charge in [-0.3, -0.25) is 4.79 Å². The molecule has 3 nitrogen and oxygen atoms in total. The molecule has 1 amide bonds. The molecule has 0 unspecified atom stereocenters. The van der Waals surface area contributed by atoms with Gasteiger partial charge in [0.25, 0.3) is 5.91 Å². The number of carbonyl (C=O) groups is 1. The van der Waals surface area contributed by atoms with E-state index in [4.69, 9.17) is 0 Å². The first-order chi connectivity index (χ1) is 10.3. The number of nitrogens with one attached hydrogen (secondary N) is 1. The number of hydrogen-bond acceptors (Lipinski definition) is 2. The molecule has 3 rings (SSSR count). The van der Waals surface area contributed by atoms with E-state index in [-0.39, 0.29) is 5.91 Å². The van der Waals surface area contributed by atoms with Crippen LogP contribution in [0, 0.1) is 0 Å². The Morgan fingerprint density at radius 3 is 2.43 bits per heavy atom. The molecule has 1 N–H and O–H groups in total. The standard InChI is InChI=1S/C18H15N2O/c21-18(15-8-2-1-3-9-15)20-19-13-16-11-6-10-14-7-4-5-12-17(14)16/h1-12,19H,13H2. The van der Waals surface area contributed by atoms with Crippen LogP contribution in [0.3, 0.4) is 0 Å². The number of amides is 1. The Labute approximate surface area is 123 Å². The molecule has 0 aliphatic heterocycles. The first-order valence-electron chi connectivity index (χ1n) is 6.84. The summed E-state index contributed by atoms with van der Waals surface area (Å²) in [5, 5.41) is 2.36. The second-order valence-electron chi connectivity index (χ2n) is 4.76. The van der Waals surface area contributed by atoms with Crippen LogP contribution >= 0.6 is 0 Å². The minimum Gasteiger partial charge on any atom is -0.266 e. The predicted molar refractivity (Wildman–Crippen MR) is 83.7 cm³/mol. The highest BCUT2D eigenvalue weighted by Gasteiger charge is 2.06. The van der Waals surface area contributed by atoms with Gasteiger partial charge in [0.05, 0.1) is 0 Å². The van der Waals surface area contributed by atoms with Crippen LogP contribution in [0.5, 0.6) is 0 Å². The SMILES string of the molecule is O=C([N]NCc1cccc2ccccc12)c1ccccc1. The third-order valence-corrected chi connectivity index (χ3v) is 3.35. The molecule has 0 atom stereocenters. The normalized spacial score (nSPS) is 10.5. The summed E-state index contributed by atoms with van der Waals surface area (Å²) >= 11 is 0. The number of nitrogens with zero attached hydrogens (tertiary/aromatic N) is 1. The lowest BCUT2D eigenvalue weighted by Gasteiger charge is -2.07. The summed E-state index contributed by atoms with van der Waals surface area (Å²) in [5.41, 5.74) is 8.48. The van der Waals surface area contributed by atoms with E-state index < -0.39 is 0 Å². The van der Waals surface area contributed by atoms with Crippen LogP contribution in [0.4, 0.5) is 0 Å². The minimum atomic E-state index is -0.254. The molecule has 0 heterocycles. The van der Waals surface area contributed by atoms with Crippen LogP contribution in [-0.4, -0.2) is 5.91 Å². The molecule has 3 aromatic carbocycles. The fourth-order valence-corrected chi connectivity index (χ4v) is 2.29. The lowest BCUT2D eigenvalue weighted by atomic mass is 10.1. The van der Waals surface area contributed by atoms with Gasteiger partial charge in [-0.15, -0.1) is 0 Å². The van der Waals surface area contributed by atoms with Gasteiger partial charge in [0.2, 0.25) is 0 Å². The summed E-state index contributed by atoms with van der Waals surface area (Å²) < 4.78 is 0. The van der Waals surface area contributed by atoms with Gasteiger partial charge in [-0.25, -0.2) is 5.43 Å². The quantitative estimate of drug-likeness (QED) is 0.742. The van der Waals surface area contributed by atoms with Crippen molar-refractivity contribution in [2.75, 3.05) is 0 Å². The van der Waals surface area contributed by atoms with Crippen molar-refractivity contribution in [3.8, 4) is 0 Å². The largest absolute Gasteiger partial charge is 0.288 e. The lowest BCUT2D eigenvalue weighted by Crippen LogP contribution is -2.29. The number of benzene rings is 3. The van der Waals surface area contributed by atoms with E-state index in [1.807, 2.05) is 42.5 Å². The Kier molecular flexibility index (Phi) is 3.94. The molecule has 0 bridgehead atoms. The highest BCUT2D eigenvalue weighted by molar-refractivity contribution is 5.93. The zero-order valence-electron chi connectivity index (χ0n) is 11.5. The van der Waals surface area contributed by atoms with E-state index in [9.17, 15) is 4.79 Å². The molecule has 0 saturated carbocycles. The van der Waals surface area contributed by atoms with Gasteiger partial charge in [-0.2, -0.15) is 5.43 Å². The second-order valence-corrected chi connectivity index (χ2v) is 4.76. The van der Waals surface area contributed by atoms with Crippen molar-refractivity contribution in [3.05, 3.63) is 83.9 Å². The Bertz CT molecular complexity index is 748. The van der Waals surface area contributed by atoms with Crippen LogP contribution in [-0.2, 0) is 6.54 Å². The average Bonchev–Trinajstić information content (AvgIpc) is 2.56. The van der Waals surface area contributed by atoms with Crippen LogP contribution in [0.15, 0.2) is 72.8 Å². The molecule has 103 valence electrons. The van der Waals surface area contributed by atoms with E-state index in [0.717, 1.165) is 5.56 Å². The maximum Gasteiger partial charge on any atom is 0.288 e. The van der Waals surface area contributed by atoms with Crippen LogP contribution in [0.2, 0.25) is 0 Å². The Hall–Kier alpha value is -2.65. The molecule has 0 aromatic heterocycles. The van der Waals surface area contributed by atoms with Gasteiger partial charge >= 0.3 is 0 Å². The smallest absolute Gasteiger partial charge is 0.266 e. The predicted octanol–water partition coefficient (Wildman–Crippen LogP) is 3.29. The summed E-state index contributed by atoms with van der Waals surface area (Å²) in [6.45, 7) is 0.528. The molecule has 3 heteroatoms. The second kappa shape index (κ2) is 6.20. The van der Waals surface area contributed by atoms with E-state index in [1.165, 1.54) is 10.8 Å². The summed E-state index contributed by atoms with van der Waals surface area (Å²) in [6.07, 6.45) is 0. The van der Waals surface area contributed by atoms with Gasteiger partial charge < -0.3 is 0 Å². The zero-order valence-corrected chi connectivity index (χ0v) is 11.5. The number of hydrogen-bond donors (Lipinski definition) is 1. The number of fused-ring (bicyclic) bond motifs is 1. The Morgan fingerprint density at radius 2 is 1.57 bits per heavy atom. The van der Waals surface area contributed by atoms with E-state index in [1.54, 1.807) is 12.1 Å². The topological polar surface area (TPSA) is 43.2 Å². The molecule has 0 aliphatic rings. The third-order valence-electron chi connectivity index (χ3n) is 3.35. The van der Waals surface area contributed by atoms with Crippen molar-refractivity contribution < 1.29 is 4.79 Å². The molecule has 1 radical (unpaired) electrons. The maximum atomic E-state index is 11.9. The fraction of sp³-hybridized carbons (Fsp3) is 0.0556. The van der Waals surface area contributed by atoms with E-state index in [0.29, 0.717) is 12.1 Å². The summed E-state index contributed by atoms with van der Waals surface area (Å²) in [6, 6.07) is 23.3. The molecule has 0 saturated heterocycles. The van der Waals surface area contributed by atoms with Crippen molar-refractivity contribution >= 4 is 16.7 Å². The Balaban J connectivity index is 1.66. The number of carbonyl (C=O) groups excluding carboxylic acids is 1. The molecule has 0 fully saturated rings. The van der Waals surface area contributed by atoms with Crippen molar-refractivity contribution in [2.45, 2.75) is 6.54 Å². The first kappa shape index (κ1) is 13.3. The summed E-state index contributed by atoms with van der Waals surface area (Å²) in [5.74, 6) is -0.254. The summed E-state index contributed by atoms with van der Waals surface area (Å²) in [7, 11) is 0. The highest BCUT2D eigenvalue weighted by atomic mass is 16.2. The molecular weight excluding hydrogens is 260 g/mol. The van der Waals surface area contributed by atoms with Crippen molar-refractivity contribution in [1.29, 1.82) is 0 Å². The van der Waals surface area contributed by atoms with Gasteiger partial charge in [0, 0.05) is 12.1 Å². The van der Waals surface area contributed by atoms with Gasteiger partial charge in [0.1, 0.15) is 0 Å². The van der Waals surface area contributed by atoms with E-state index >= 15 is 0 Å². The van der Waals surface area contributed by atoms with Gasteiger partial charge in [-0.05, 0) is 28.5 Å². The zero-order chi connectivity index (χ0) is 14.5. The minimum absolute atomic E-state index is 0.254.